The molecular formula is C26H41N5O2. The number of fused-ring (bicyclic) bond motifs is 1. The fraction of sp³-hybridized carbons (Fsp3) is 0.692. The highest BCUT2D eigenvalue weighted by atomic mass is 16.5. The number of para-hydroxylation sites is 2. The van der Waals surface area contributed by atoms with Gasteiger partial charge in [0, 0.05) is 31.2 Å². The molecule has 0 saturated carbocycles. The van der Waals surface area contributed by atoms with Crippen LogP contribution in [-0.4, -0.2) is 54.1 Å². The summed E-state index contributed by atoms with van der Waals surface area (Å²) in [6.07, 6.45) is 9.53. The molecular weight excluding hydrogens is 414 g/mol. The first-order chi connectivity index (χ1) is 15.8. The quantitative estimate of drug-likeness (QED) is 0.314. The molecule has 3 aliphatic rings. The van der Waals surface area contributed by atoms with Crippen LogP contribution in [-0.2, 0) is 4.79 Å². The SMILES string of the molecule is C[C@H]1CCC[C@@](C)(CCCCCN2C(=O)C(CC3CCN(C(=N)N)C3)Oc3ccccc32)N1. The van der Waals surface area contributed by atoms with Gasteiger partial charge in [0.2, 0.25) is 0 Å². The van der Waals surface area contributed by atoms with E-state index >= 15 is 0 Å². The van der Waals surface area contributed by atoms with Crippen molar-refractivity contribution in [3.05, 3.63) is 24.3 Å². The molecule has 0 bridgehead atoms. The lowest BCUT2D eigenvalue weighted by molar-refractivity contribution is -0.127. The number of anilines is 1. The summed E-state index contributed by atoms with van der Waals surface area (Å²) in [5.41, 5.74) is 6.80. The molecule has 2 saturated heterocycles. The lowest BCUT2D eigenvalue weighted by Gasteiger charge is -2.39. The standard InChI is InChI=1S/C26H41N5O2/c1-19-9-8-14-26(2,29-19)13-6-3-7-15-31-21-10-4-5-11-22(21)33-23(24(31)32)17-20-12-16-30(18-20)25(27)28/h4-5,10-11,19-20,23,29H,3,6-9,12-18H2,1-2H3,(H3,27,28)/t19-,20?,23?,26+/m0/s1. The van der Waals surface area contributed by atoms with Crippen LogP contribution in [0.1, 0.15) is 71.6 Å². The maximum absolute atomic E-state index is 13.4. The Kier molecular flexibility index (Phi) is 7.47. The van der Waals surface area contributed by atoms with E-state index in [2.05, 4.69) is 19.2 Å². The first-order valence-electron chi connectivity index (χ1n) is 12.8. The first-order valence-corrected chi connectivity index (χ1v) is 12.8. The number of piperidine rings is 1. The molecule has 1 amide bonds. The van der Waals surface area contributed by atoms with Gasteiger partial charge in [-0.3, -0.25) is 10.2 Å². The molecule has 4 atom stereocenters. The first kappa shape index (κ1) is 23.9. The second-order valence-corrected chi connectivity index (χ2v) is 10.6. The van der Waals surface area contributed by atoms with E-state index in [1.165, 1.54) is 32.1 Å². The molecule has 0 aliphatic carbocycles. The molecule has 1 aromatic carbocycles. The highest BCUT2D eigenvalue weighted by molar-refractivity contribution is 6.00. The van der Waals surface area contributed by atoms with Gasteiger partial charge in [-0.1, -0.05) is 31.4 Å². The van der Waals surface area contributed by atoms with Crippen LogP contribution in [0.3, 0.4) is 0 Å². The van der Waals surface area contributed by atoms with Crippen LogP contribution in [0.15, 0.2) is 24.3 Å². The summed E-state index contributed by atoms with van der Waals surface area (Å²) in [7, 11) is 0. The van der Waals surface area contributed by atoms with Crippen LogP contribution in [0.5, 0.6) is 5.75 Å². The number of carbonyl (C=O) groups is 1. The second-order valence-electron chi connectivity index (χ2n) is 10.6. The monoisotopic (exact) mass is 455 g/mol. The predicted octanol–water partition coefficient (Wildman–Crippen LogP) is 3.87. The third kappa shape index (κ3) is 5.81. The smallest absolute Gasteiger partial charge is 0.268 e. The van der Waals surface area contributed by atoms with E-state index in [4.69, 9.17) is 15.9 Å². The van der Waals surface area contributed by atoms with Gasteiger partial charge < -0.3 is 25.6 Å². The predicted molar refractivity (Wildman–Crippen MR) is 133 cm³/mol. The number of unbranched alkanes of at least 4 members (excludes halogenated alkanes) is 2. The normalized spacial score (nSPS) is 29.6. The van der Waals surface area contributed by atoms with Gasteiger partial charge in [-0.15, -0.1) is 0 Å². The van der Waals surface area contributed by atoms with Crippen molar-refractivity contribution in [3.8, 4) is 5.75 Å². The van der Waals surface area contributed by atoms with E-state index in [0.717, 1.165) is 50.3 Å². The van der Waals surface area contributed by atoms with Crippen LogP contribution in [0.4, 0.5) is 5.69 Å². The Bertz CT molecular complexity index is 846. The number of hydrogen-bond acceptors (Lipinski definition) is 4. The number of benzene rings is 1. The summed E-state index contributed by atoms with van der Waals surface area (Å²) in [5, 5.41) is 11.5. The highest BCUT2D eigenvalue weighted by Crippen LogP contribution is 2.36. The number of rotatable bonds is 8. The minimum atomic E-state index is -0.455. The molecule has 0 spiro atoms. The van der Waals surface area contributed by atoms with Crippen molar-refractivity contribution in [2.75, 3.05) is 24.5 Å². The Balaban J connectivity index is 1.31. The van der Waals surface area contributed by atoms with Crippen LogP contribution < -0.4 is 20.7 Å². The van der Waals surface area contributed by atoms with Gasteiger partial charge in [0.25, 0.3) is 5.91 Å². The lowest BCUT2D eigenvalue weighted by Crippen LogP contribution is -2.50. The Morgan fingerprint density at radius 1 is 1.27 bits per heavy atom. The van der Waals surface area contributed by atoms with Gasteiger partial charge in [-0.05, 0) is 70.4 Å². The number of nitrogens with zero attached hydrogens (tertiary/aromatic N) is 2. The van der Waals surface area contributed by atoms with Gasteiger partial charge in [-0.25, -0.2) is 0 Å². The molecule has 4 rings (SSSR count). The Morgan fingerprint density at radius 2 is 2.09 bits per heavy atom. The number of hydrogen-bond donors (Lipinski definition) is 3. The molecule has 0 radical (unpaired) electrons. The summed E-state index contributed by atoms with van der Waals surface area (Å²) in [5.74, 6) is 1.31. The zero-order valence-corrected chi connectivity index (χ0v) is 20.3. The van der Waals surface area contributed by atoms with Crippen molar-refractivity contribution >= 4 is 17.6 Å². The number of nitrogens with two attached hydrogens (primary N) is 1. The van der Waals surface area contributed by atoms with Crippen molar-refractivity contribution < 1.29 is 9.53 Å². The Labute approximate surface area is 198 Å². The number of carbonyl (C=O) groups excluding carboxylic acids is 1. The Hall–Kier alpha value is -2.28. The molecule has 7 heteroatoms. The van der Waals surface area contributed by atoms with E-state index in [-0.39, 0.29) is 17.4 Å². The third-order valence-electron chi connectivity index (χ3n) is 7.71. The molecule has 2 unspecified atom stereocenters. The van der Waals surface area contributed by atoms with Gasteiger partial charge >= 0.3 is 0 Å². The van der Waals surface area contributed by atoms with Crippen LogP contribution in [0.25, 0.3) is 0 Å². The minimum Gasteiger partial charge on any atom is -0.478 e. The molecule has 33 heavy (non-hydrogen) atoms. The number of likely N-dealkylation sites (tertiary alicyclic amines) is 1. The third-order valence-corrected chi connectivity index (χ3v) is 7.71. The summed E-state index contributed by atoms with van der Waals surface area (Å²) in [4.78, 5) is 17.2. The fourth-order valence-corrected chi connectivity index (χ4v) is 5.90. The molecule has 3 heterocycles. The van der Waals surface area contributed by atoms with Crippen molar-refractivity contribution in [3.63, 3.8) is 0 Å². The van der Waals surface area contributed by atoms with Gasteiger partial charge in [0.1, 0.15) is 5.75 Å². The van der Waals surface area contributed by atoms with E-state index in [1.807, 2.05) is 34.1 Å². The molecule has 4 N–H and O–H groups in total. The maximum Gasteiger partial charge on any atom is 0.268 e. The van der Waals surface area contributed by atoms with E-state index < -0.39 is 6.10 Å². The van der Waals surface area contributed by atoms with E-state index in [9.17, 15) is 4.79 Å². The number of nitrogens with one attached hydrogen (secondary N) is 2. The molecule has 0 aromatic heterocycles. The fourth-order valence-electron chi connectivity index (χ4n) is 5.90. The summed E-state index contributed by atoms with van der Waals surface area (Å²) < 4.78 is 6.16. The van der Waals surface area contributed by atoms with E-state index in [1.54, 1.807) is 0 Å². The van der Waals surface area contributed by atoms with Gasteiger partial charge in [0.05, 0.1) is 5.69 Å². The number of ether oxygens (including phenoxy) is 1. The average Bonchev–Trinajstić information content (AvgIpc) is 3.24. The van der Waals surface area contributed by atoms with Crippen LogP contribution in [0.2, 0.25) is 0 Å². The molecule has 3 aliphatic heterocycles. The maximum atomic E-state index is 13.4. The lowest BCUT2D eigenvalue weighted by atomic mass is 9.84. The number of guanidine groups is 1. The van der Waals surface area contributed by atoms with Gasteiger partial charge in [0.15, 0.2) is 12.1 Å². The summed E-state index contributed by atoms with van der Waals surface area (Å²) in [6, 6.07) is 8.52. The van der Waals surface area contributed by atoms with Crippen LogP contribution in [0, 0.1) is 11.3 Å². The van der Waals surface area contributed by atoms with Crippen molar-refractivity contribution in [2.45, 2.75) is 89.3 Å². The average molecular weight is 456 g/mol. The van der Waals surface area contributed by atoms with Crippen LogP contribution >= 0.6 is 0 Å². The molecule has 182 valence electrons. The van der Waals surface area contributed by atoms with E-state index in [0.29, 0.717) is 18.4 Å². The highest BCUT2D eigenvalue weighted by Gasteiger charge is 2.37. The summed E-state index contributed by atoms with van der Waals surface area (Å²) in [6.45, 7) is 6.91. The van der Waals surface area contributed by atoms with Crippen molar-refractivity contribution in [2.24, 2.45) is 11.7 Å². The second kappa shape index (κ2) is 10.3. The van der Waals surface area contributed by atoms with Crippen molar-refractivity contribution in [1.82, 2.24) is 10.2 Å². The zero-order valence-electron chi connectivity index (χ0n) is 20.3. The largest absolute Gasteiger partial charge is 0.478 e. The van der Waals surface area contributed by atoms with Crippen molar-refractivity contribution in [1.29, 1.82) is 5.41 Å². The molecule has 2 fully saturated rings. The Morgan fingerprint density at radius 3 is 2.85 bits per heavy atom. The van der Waals surface area contributed by atoms with Gasteiger partial charge in [-0.2, -0.15) is 0 Å². The topological polar surface area (TPSA) is 94.7 Å². The zero-order chi connectivity index (χ0) is 23.4. The molecule has 1 aromatic rings. The minimum absolute atomic E-state index is 0.0738. The number of amides is 1. The summed E-state index contributed by atoms with van der Waals surface area (Å²) >= 11 is 0. The molecule has 7 nitrogen and oxygen atoms in total.